The Morgan fingerprint density at radius 1 is 1.33 bits per heavy atom. The minimum Gasteiger partial charge on any atom is -0.299 e. The molecule has 0 N–H and O–H groups in total. The summed E-state index contributed by atoms with van der Waals surface area (Å²) >= 11 is 3.43. The van der Waals surface area contributed by atoms with Crippen LogP contribution in [-0.2, 0) is 13.1 Å². The summed E-state index contributed by atoms with van der Waals surface area (Å²) in [7, 11) is 0. The summed E-state index contributed by atoms with van der Waals surface area (Å²) in [5.74, 6) is 0. The van der Waals surface area contributed by atoms with Crippen molar-refractivity contribution >= 4 is 23.1 Å². The van der Waals surface area contributed by atoms with E-state index in [1.807, 2.05) is 30.0 Å². The van der Waals surface area contributed by atoms with Crippen molar-refractivity contribution in [3.63, 3.8) is 0 Å². The van der Waals surface area contributed by atoms with Gasteiger partial charge in [0.15, 0.2) is 5.16 Å². The lowest BCUT2D eigenvalue weighted by atomic mass is 10.2. The monoisotopic (exact) mass is 362 g/mol. The molecular weight excluding hydrogens is 336 g/mol. The summed E-state index contributed by atoms with van der Waals surface area (Å²) in [5.41, 5.74) is 1.20. The number of nitrogens with zero attached hydrogens (tertiary/aromatic N) is 4. The first kappa shape index (κ1) is 17.9. The van der Waals surface area contributed by atoms with Gasteiger partial charge in [0.1, 0.15) is 0 Å². The number of aromatic nitrogens is 2. The topological polar surface area (TPSA) is 32.3 Å². The molecule has 0 unspecified atom stereocenters. The standard InChI is InChI=1S/C18H26N4S2/c1-3-22-8-4-6-16(22)13-21(14-17-7-5-9-24-17)12-15-10-19-18(23-2)20-11-15/h5,7,9-11,16H,3-4,6,8,12-14H2,1-2H3/t16-/m0/s1. The van der Waals surface area contributed by atoms with Gasteiger partial charge in [-0.3, -0.25) is 9.80 Å². The van der Waals surface area contributed by atoms with Gasteiger partial charge < -0.3 is 0 Å². The first-order valence-electron chi connectivity index (χ1n) is 8.62. The van der Waals surface area contributed by atoms with Gasteiger partial charge in [-0.05, 0) is 43.6 Å². The van der Waals surface area contributed by atoms with Crippen molar-refractivity contribution in [2.75, 3.05) is 25.9 Å². The Bertz CT molecular complexity index is 600. The maximum atomic E-state index is 4.43. The molecule has 1 aliphatic rings. The van der Waals surface area contributed by atoms with Crippen molar-refractivity contribution in [1.29, 1.82) is 0 Å². The van der Waals surface area contributed by atoms with Gasteiger partial charge in [0.05, 0.1) is 0 Å². The van der Waals surface area contributed by atoms with E-state index >= 15 is 0 Å². The van der Waals surface area contributed by atoms with Crippen LogP contribution in [0.25, 0.3) is 0 Å². The van der Waals surface area contributed by atoms with Crippen molar-refractivity contribution in [3.8, 4) is 0 Å². The Morgan fingerprint density at radius 2 is 2.17 bits per heavy atom. The number of hydrogen-bond acceptors (Lipinski definition) is 6. The molecule has 130 valence electrons. The number of thiophene rings is 1. The van der Waals surface area contributed by atoms with Gasteiger partial charge in [0, 0.05) is 48.5 Å². The van der Waals surface area contributed by atoms with E-state index in [4.69, 9.17) is 0 Å². The minimum atomic E-state index is 0.682. The summed E-state index contributed by atoms with van der Waals surface area (Å²) in [6, 6.07) is 5.06. The second kappa shape index (κ2) is 8.94. The Balaban J connectivity index is 1.68. The Hall–Kier alpha value is -0.950. The van der Waals surface area contributed by atoms with Crippen LogP contribution in [-0.4, -0.2) is 51.7 Å². The molecule has 1 fully saturated rings. The second-order valence-corrected chi connectivity index (χ2v) is 8.06. The quantitative estimate of drug-likeness (QED) is 0.527. The van der Waals surface area contributed by atoms with Crippen LogP contribution in [0.3, 0.4) is 0 Å². The fourth-order valence-corrected chi connectivity index (χ4v) is 4.47. The zero-order valence-corrected chi connectivity index (χ0v) is 16.2. The van der Waals surface area contributed by atoms with Gasteiger partial charge in [-0.1, -0.05) is 24.8 Å². The molecule has 0 spiro atoms. The lowest BCUT2D eigenvalue weighted by Crippen LogP contribution is -2.39. The highest BCUT2D eigenvalue weighted by atomic mass is 32.2. The van der Waals surface area contributed by atoms with Crippen LogP contribution in [0.1, 0.15) is 30.2 Å². The molecule has 3 rings (SSSR count). The molecule has 0 saturated carbocycles. The Labute approximate surface area is 153 Å². The van der Waals surface area contributed by atoms with Gasteiger partial charge in [0.2, 0.25) is 0 Å². The van der Waals surface area contributed by atoms with E-state index in [1.165, 1.54) is 29.8 Å². The molecule has 1 saturated heterocycles. The number of rotatable bonds is 8. The minimum absolute atomic E-state index is 0.682. The maximum absolute atomic E-state index is 4.43. The van der Waals surface area contributed by atoms with Crippen LogP contribution in [0.2, 0.25) is 0 Å². The van der Waals surface area contributed by atoms with Crippen molar-refractivity contribution in [2.45, 2.75) is 44.1 Å². The fourth-order valence-electron chi connectivity index (χ4n) is 3.41. The molecule has 1 aliphatic heterocycles. The number of hydrogen-bond donors (Lipinski definition) is 0. The van der Waals surface area contributed by atoms with Crippen LogP contribution >= 0.6 is 23.1 Å². The number of thioether (sulfide) groups is 1. The molecule has 1 atom stereocenters. The van der Waals surface area contributed by atoms with Crippen molar-refractivity contribution in [3.05, 3.63) is 40.3 Å². The van der Waals surface area contributed by atoms with Crippen molar-refractivity contribution in [2.24, 2.45) is 0 Å². The van der Waals surface area contributed by atoms with Gasteiger partial charge >= 0.3 is 0 Å². The van der Waals surface area contributed by atoms with Crippen LogP contribution in [0.5, 0.6) is 0 Å². The normalized spacial score (nSPS) is 18.5. The zero-order valence-electron chi connectivity index (χ0n) is 14.5. The van der Waals surface area contributed by atoms with Crippen molar-refractivity contribution < 1.29 is 0 Å². The molecule has 0 bridgehead atoms. The summed E-state index contributed by atoms with van der Waals surface area (Å²) in [4.78, 5) is 15.5. The van der Waals surface area contributed by atoms with Crippen molar-refractivity contribution in [1.82, 2.24) is 19.8 Å². The van der Waals surface area contributed by atoms with E-state index in [2.05, 4.69) is 44.2 Å². The molecule has 3 heterocycles. The Morgan fingerprint density at radius 3 is 2.83 bits per heavy atom. The molecule has 0 radical (unpaired) electrons. The fraction of sp³-hybridized carbons (Fsp3) is 0.556. The number of likely N-dealkylation sites (tertiary alicyclic amines) is 1. The lowest BCUT2D eigenvalue weighted by molar-refractivity contribution is 0.166. The molecule has 0 amide bonds. The average Bonchev–Trinajstić information content (AvgIpc) is 3.27. The zero-order chi connectivity index (χ0) is 16.8. The molecule has 4 nitrogen and oxygen atoms in total. The largest absolute Gasteiger partial charge is 0.299 e. The third-order valence-corrected chi connectivity index (χ3v) is 6.04. The predicted molar refractivity (Wildman–Crippen MR) is 103 cm³/mol. The van der Waals surface area contributed by atoms with E-state index in [1.54, 1.807) is 11.8 Å². The second-order valence-electron chi connectivity index (χ2n) is 6.25. The molecule has 2 aromatic heterocycles. The summed E-state index contributed by atoms with van der Waals surface area (Å²) in [5, 5.41) is 3.01. The van der Waals surface area contributed by atoms with Gasteiger partial charge in [-0.15, -0.1) is 11.3 Å². The smallest absolute Gasteiger partial charge is 0.187 e. The molecular formula is C18H26N4S2. The molecule has 0 aliphatic carbocycles. The maximum Gasteiger partial charge on any atom is 0.187 e. The lowest BCUT2D eigenvalue weighted by Gasteiger charge is -2.30. The average molecular weight is 363 g/mol. The highest BCUT2D eigenvalue weighted by molar-refractivity contribution is 7.98. The van der Waals surface area contributed by atoms with Gasteiger partial charge in [-0.2, -0.15) is 0 Å². The van der Waals surface area contributed by atoms with E-state index in [0.29, 0.717) is 6.04 Å². The van der Waals surface area contributed by atoms with Crippen LogP contribution in [0.15, 0.2) is 35.1 Å². The predicted octanol–water partition coefficient (Wildman–Crippen LogP) is 3.75. The van der Waals surface area contributed by atoms with E-state index < -0.39 is 0 Å². The molecule has 2 aromatic rings. The summed E-state index contributed by atoms with van der Waals surface area (Å²) < 4.78 is 0. The highest BCUT2D eigenvalue weighted by Gasteiger charge is 2.25. The number of likely N-dealkylation sites (N-methyl/N-ethyl adjacent to an activating group) is 1. The molecule has 0 aromatic carbocycles. The third-order valence-electron chi connectivity index (χ3n) is 4.60. The molecule has 24 heavy (non-hydrogen) atoms. The summed E-state index contributed by atoms with van der Waals surface area (Å²) in [6.07, 6.45) is 8.62. The third kappa shape index (κ3) is 4.79. The Kier molecular flexibility index (Phi) is 6.66. The van der Waals surface area contributed by atoms with Crippen LogP contribution in [0, 0.1) is 0 Å². The van der Waals surface area contributed by atoms with Crippen LogP contribution < -0.4 is 0 Å². The first-order valence-corrected chi connectivity index (χ1v) is 10.7. The summed E-state index contributed by atoms with van der Waals surface area (Å²) in [6.45, 7) is 7.73. The van der Waals surface area contributed by atoms with E-state index in [-0.39, 0.29) is 0 Å². The van der Waals surface area contributed by atoms with E-state index in [9.17, 15) is 0 Å². The van der Waals surface area contributed by atoms with Crippen LogP contribution in [0.4, 0.5) is 0 Å². The molecule has 6 heteroatoms. The first-order chi connectivity index (χ1) is 11.8. The van der Waals surface area contributed by atoms with Gasteiger partial charge in [0.25, 0.3) is 0 Å². The SMILES string of the molecule is CCN1CCC[C@H]1CN(Cc1cnc(SC)nc1)Cc1cccs1. The highest BCUT2D eigenvalue weighted by Crippen LogP contribution is 2.21. The van der Waals surface area contributed by atoms with E-state index in [0.717, 1.165) is 31.3 Å². The van der Waals surface area contributed by atoms with Gasteiger partial charge in [-0.25, -0.2) is 9.97 Å².